The molecule has 0 aromatic rings. The molecule has 0 aliphatic carbocycles. The summed E-state index contributed by atoms with van der Waals surface area (Å²) in [6.45, 7) is 4.59. The molecule has 3 heteroatoms. The molecule has 0 amide bonds. The first kappa shape index (κ1) is 12.6. The Balaban J connectivity index is 3.81. The van der Waals surface area contributed by atoms with Crippen molar-refractivity contribution in [3.05, 3.63) is 0 Å². The van der Waals surface area contributed by atoms with Gasteiger partial charge in [0.15, 0.2) is 5.78 Å². The molecular weight excluding hydrogens is 164 g/mol. The Kier molecular flexibility index (Phi) is 6.82. The van der Waals surface area contributed by atoms with Gasteiger partial charge < -0.3 is 11.1 Å². The summed E-state index contributed by atoms with van der Waals surface area (Å²) in [5.41, 5.74) is 5.39. The summed E-state index contributed by atoms with van der Waals surface area (Å²) in [5, 5.41) is 3.05. The number of rotatable bonds is 7. The number of nitrogens with one attached hydrogen (secondary N) is 1. The van der Waals surface area contributed by atoms with Crippen LogP contribution in [0.3, 0.4) is 0 Å². The zero-order chi connectivity index (χ0) is 10.3. The van der Waals surface area contributed by atoms with Gasteiger partial charge in [0.05, 0.1) is 6.04 Å². The van der Waals surface area contributed by atoms with Crippen molar-refractivity contribution in [1.29, 1.82) is 0 Å². The quantitative estimate of drug-likeness (QED) is 0.581. The summed E-state index contributed by atoms with van der Waals surface area (Å²) in [6.07, 6.45) is 2.94. The molecule has 0 aliphatic heterocycles. The van der Waals surface area contributed by atoms with Crippen molar-refractivity contribution in [3.63, 3.8) is 0 Å². The van der Waals surface area contributed by atoms with Crippen LogP contribution in [0.4, 0.5) is 0 Å². The summed E-state index contributed by atoms with van der Waals surface area (Å²) in [7, 11) is 1.84. The zero-order valence-corrected chi connectivity index (χ0v) is 8.97. The molecule has 0 heterocycles. The van der Waals surface area contributed by atoms with E-state index in [0.717, 1.165) is 19.3 Å². The van der Waals surface area contributed by atoms with Crippen LogP contribution in [0.15, 0.2) is 0 Å². The van der Waals surface area contributed by atoms with Crippen molar-refractivity contribution in [3.8, 4) is 0 Å². The van der Waals surface area contributed by atoms with Crippen molar-refractivity contribution >= 4 is 5.78 Å². The minimum atomic E-state index is 0.0200. The van der Waals surface area contributed by atoms with E-state index >= 15 is 0 Å². The fourth-order valence-electron chi connectivity index (χ4n) is 1.32. The van der Waals surface area contributed by atoms with Gasteiger partial charge in [-0.25, -0.2) is 0 Å². The van der Waals surface area contributed by atoms with Crippen molar-refractivity contribution < 1.29 is 4.79 Å². The van der Waals surface area contributed by atoms with Crippen LogP contribution in [0.25, 0.3) is 0 Å². The molecule has 1 unspecified atom stereocenters. The second-order valence-electron chi connectivity index (χ2n) is 3.68. The average Bonchev–Trinajstić information content (AvgIpc) is 2.11. The number of unbranched alkanes of at least 4 members (excludes halogenated alkanes) is 1. The van der Waals surface area contributed by atoms with E-state index < -0.39 is 0 Å². The predicted molar refractivity (Wildman–Crippen MR) is 55.6 cm³/mol. The van der Waals surface area contributed by atoms with Gasteiger partial charge in [-0.1, -0.05) is 20.3 Å². The molecule has 3 nitrogen and oxygen atoms in total. The van der Waals surface area contributed by atoms with Crippen LogP contribution < -0.4 is 11.1 Å². The monoisotopic (exact) mass is 186 g/mol. The second kappa shape index (κ2) is 7.04. The summed E-state index contributed by atoms with van der Waals surface area (Å²) >= 11 is 0. The third-order valence-electron chi connectivity index (χ3n) is 2.21. The molecule has 0 aromatic carbocycles. The van der Waals surface area contributed by atoms with Gasteiger partial charge in [0.25, 0.3) is 0 Å². The largest absolute Gasteiger partial charge is 0.330 e. The molecule has 0 fully saturated rings. The van der Waals surface area contributed by atoms with Crippen molar-refractivity contribution in [2.75, 3.05) is 13.6 Å². The molecule has 78 valence electrons. The molecule has 0 aliphatic rings. The Bertz CT molecular complexity index is 146. The van der Waals surface area contributed by atoms with Gasteiger partial charge in [-0.05, 0) is 26.4 Å². The summed E-state index contributed by atoms with van der Waals surface area (Å²) < 4.78 is 0. The van der Waals surface area contributed by atoms with Gasteiger partial charge in [0.1, 0.15) is 0 Å². The van der Waals surface area contributed by atoms with Gasteiger partial charge in [-0.2, -0.15) is 0 Å². The lowest BCUT2D eigenvalue weighted by Gasteiger charge is -2.16. The van der Waals surface area contributed by atoms with Gasteiger partial charge in [0.2, 0.25) is 0 Å². The summed E-state index contributed by atoms with van der Waals surface area (Å²) in [6, 6.07) is 0.0200. The number of ketones is 1. The highest BCUT2D eigenvalue weighted by Crippen LogP contribution is 2.06. The summed E-state index contributed by atoms with van der Waals surface area (Å²) in [5.74, 6) is 0.426. The van der Waals surface area contributed by atoms with Crippen LogP contribution in [0, 0.1) is 5.92 Å². The van der Waals surface area contributed by atoms with Crippen LogP contribution in [-0.2, 0) is 4.79 Å². The molecular formula is C10H22N2O. The highest BCUT2D eigenvalue weighted by Gasteiger charge is 2.18. The lowest BCUT2D eigenvalue weighted by atomic mass is 9.97. The maximum atomic E-state index is 11.6. The van der Waals surface area contributed by atoms with E-state index in [1.165, 1.54) is 0 Å². The van der Waals surface area contributed by atoms with Crippen molar-refractivity contribution in [1.82, 2.24) is 5.32 Å². The first-order valence-electron chi connectivity index (χ1n) is 5.04. The molecule has 0 saturated heterocycles. The molecule has 1 atom stereocenters. The molecule has 3 N–H and O–H groups in total. The predicted octanol–water partition coefficient (Wildman–Crippen LogP) is 0.928. The fourth-order valence-corrected chi connectivity index (χ4v) is 1.32. The lowest BCUT2D eigenvalue weighted by Crippen LogP contribution is -2.36. The smallest absolute Gasteiger partial charge is 0.152 e. The van der Waals surface area contributed by atoms with Gasteiger partial charge >= 0.3 is 0 Å². The van der Waals surface area contributed by atoms with E-state index in [9.17, 15) is 4.79 Å². The van der Waals surface area contributed by atoms with Gasteiger partial charge in [0, 0.05) is 5.92 Å². The molecule has 0 aromatic heterocycles. The normalized spacial score (nSPS) is 13.3. The van der Waals surface area contributed by atoms with Crippen molar-refractivity contribution in [2.45, 2.75) is 39.2 Å². The minimum absolute atomic E-state index is 0.0200. The van der Waals surface area contributed by atoms with Gasteiger partial charge in [-0.15, -0.1) is 0 Å². The molecule has 0 bridgehead atoms. The number of hydrogen-bond donors (Lipinski definition) is 2. The zero-order valence-electron chi connectivity index (χ0n) is 8.97. The van der Waals surface area contributed by atoms with Crippen LogP contribution in [0.5, 0.6) is 0 Å². The second-order valence-corrected chi connectivity index (χ2v) is 3.68. The maximum Gasteiger partial charge on any atom is 0.152 e. The standard InChI is InChI=1S/C10H22N2O/c1-8(2)10(13)9(12-3)6-4-5-7-11/h8-9,12H,4-7,11H2,1-3H3. The number of nitrogens with two attached hydrogens (primary N) is 1. The van der Waals surface area contributed by atoms with Gasteiger partial charge in [-0.3, -0.25) is 4.79 Å². The topological polar surface area (TPSA) is 55.1 Å². The number of hydrogen-bond acceptors (Lipinski definition) is 3. The Labute approximate surface area is 81.1 Å². The van der Waals surface area contributed by atoms with Crippen LogP contribution in [0.2, 0.25) is 0 Å². The third kappa shape index (κ3) is 5.01. The number of likely N-dealkylation sites (N-methyl/N-ethyl adjacent to an activating group) is 1. The van der Waals surface area contributed by atoms with E-state index in [0.29, 0.717) is 12.3 Å². The molecule has 13 heavy (non-hydrogen) atoms. The SMILES string of the molecule is CNC(CCCCN)C(=O)C(C)C. The van der Waals surface area contributed by atoms with Crippen LogP contribution in [0.1, 0.15) is 33.1 Å². The fraction of sp³-hybridized carbons (Fsp3) is 0.900. The first-order chi connectivity index (χ1) is 6.13. The molecule has 0 spiro atoms. The van der Waals surface area contributed by atoms with E-state index in [4.69, 9.17) is 5.73 Å². The van der Waals surface area contributed by atoms with E-state index in [2.05, 4.69) is 5.32 Å². The van der Waals surface area contributed by atoms with Crippen LogP contribution >= 0.6 is 0 Å². The molecule has 0 radical (unpaired) electrons. The number of Topliss-reactive ketones (excluding diaryl/α,β-unsaturated/α-hetero) is 1. The highest BCUT2D eigenvalue weighted by molar-refractivity contribution is 5.85. The number of carbonyl (C=O) groups is 1. The lowest BCUT2D eigenvalue weighted by molar-refractivity contribution is -0.124. The number of carbonyl (C=O) groups excluding carboxylic acids is 1. The summed E-state index contributed by atoms with van der Waals surface area (Å²) in [4.78, 5) is 11.6. The Morgan fingerprint density at radius 3 is 2.38 bits per heavy atom. The highest BCUT2D eigenvalue weighted by atomic mass is 16.1. The minimum Gasteiger partial charge on any atom is -0.330 e. The van der Waals surface area contributed by atoms with Crippen LogP contribution in [-0.4, -0.2) is 25.4 Å². The Morgan fingerprint density at radius 1 is 1.38 bits per heavy atom. The van der Waals surface area contributed by atoms with E-state index in [-0.39, 0.29) is 12.0 Å². The average molecular weight is 186 g/mol. The first-order valence-corrected chi connectivity index (χ1v) is 5.04. The third-order valence-corrected chi connectivity index (χ3v) is 2.21. The Hall–Kier alpha value is -0.410. The maximum absolute atomic E-state index is 11.6. The van der Waals surface area contributed by atoms with E-state index in [1.54, 1.807) is 0 Å². The Morgan fingerprint density at radius 2 is 2.00 bits per heavy atom. The van der Waals surface area contributed by atoms with Crippen molar-refractivity contribution in [2.24, 2.45) is 11.7 Å². The molecule has 0 saturated carbocycles. The molecule has 0 rings (SSSR count). The van der Waals surface area contributed by atoms with E-state index in [1.807, 2.05) is 20.9 Å².